The summed E-state index contributed by atoms with van der Waals surface area (Å²) in [5.41, 5.74) is 2.53. The van der Waals surface area contributed by atoms with E-state index in [0.717, 1.165) is 0 Å². The zero-order valence-electron chi connectivity index (χ0n) is 15.8. The Morgan fingerprint density at radius 3 is 2.77 bits per heavy atom. The average Bonchev–Trinajstić information content (AvgIpc) is 3.26. The van der Waals surface area contributed by atoms with Gasteiger partial charge in [-0.2, -0.15) is 5.10 Å². The minimum absolute atomic E-state index is 0.0640. The van der Waals surface area contributed by atoms with Crippen LogP contribution in [0.4, 0.5) is 5.69 Å². The Hall–Kier alpha value is -2.94. The standard InChI is InChI=1S/C20H16Cl2N4O4/c1-30-8-7-25-19(14-6-5-12(21)10-15(14)22)16-17(23-24-18(16)20(25)27)11-3-2-4-13(9-11)26(28)29/h2-6,9-10,19H,7-8H2,1H3,(H,23,24)/t19-/m1/s1. The molecule has 1 aliphatic heterocycles. The van der Waals surface area contributed by atoms with Gasteiger partial charge in [0, 0.05) is 47.0 Å². The number of nitrogens with zero attached hydrogens (tertiary/aromatic N) is 3. The summed E-state index contributed by atoms with van der Waals surface area (Å²) < 4.78 is 5.17. The van der Waals surface area contributed by atoms with E-state index >= 15 is 0 Å². The highest BCUT2D eigenvalue weighted by Gasteiger charge is 2.42. The molecule has 0 saturated carbocycles. The molecule has 2 aromatic carbocycles. The number of aromatic amines is 1. The van der Waals surface area contributed by atoms with Crippen molar-refractivity contribution in [3.8, 4) is 11.3 Å². The first-order chi connectivity index (χ1) is 14.4. The number of H-pyrrole nitrogens is 1. The number of carbonyl (C=O) groups excluding carboxylic acids is 1. The summed E-state index contributed by atoms with van der Waals surface area (Å²) in [5.74, 6) is -0.248. The highest BCUT2D eigenvalue weighted by atomic mass is 35.5. The van der Waals surface area contributed by atoms with Crippen molar-refractivity contribution in [2.45, 2.75) is 6.04 Å². The lowest BCUT2D eigenvalue weighted by atomic mass is 9.96. The van der Waals surface area contributed by atoms with E-state index in [4.69, 9.17) is 27.9 Å². The predicted molar refractivity (Wildman–Crippen MR) is 112 cm³/mol. The number of ether oxygens (including phenoxy) is 1. The number of nitro benzene ring substituents is 1. The summed E-state index contributed by atoms with van der Waals surface area (Å²) in [6, 6.07) is 10.7. The Bertz CT molecular complexity index is 1150. The summed E-state index contributed by atoms with van der Waals surface area (Å²) in [4.78, 5) is 25.5. The number of carbonyl (C=O) groups is 1. The van der Waals surface area contributed by atoms with E-state index in [1.54, 1.807) is 42.3 Å². The molecule has 0 saturated heterocycles. The van der Waals surface area contributed by atoms with Gasteiger partial charge < -0.3 is 9.64 Å². The normalized spacial score (nSPS) is 15.5. The molecule has 2 heterocycles. The number of rotatable bonds is 6. The monoisotopic (exact) mass is 446 g/mol. The molecule has 0 fully saturated rings. The SMILES string of the molecule is COCCN1C(=O)c2[nH]nc(-c3cccc([N+](=O)[O-])c3)c2[C@H]1c1ccc(Cl)cc1Cl. The summed E-state index contributed by atoms with van der Waals surface area (Å²) in [5, 5.41) is 19.2. The van der Waals surface area contributed by atoms with Crippen LogP contribution in [0.25, 0.3) is 11.3 Å². The number of methoxy groups -OCH3 is 1. The molecule has 4 rings (SSSR count). The number of non-ortho nitro benzene ring substituents is 1. The number of aromatic nitrogens is 2. The van der Waals surface area contributed by atoms with E-state index in [2.05, 4.69) is 10.2 Å². The second-order valence-electron chi connectivity index (χ2n) is 6.73. The molecule has 1 aliphatic rings. The number of nitro groups is 1. The molecule has 1 amide bonds. The van der Waals surface area contributed by atoms with Crippen molar-refractivity contribution in [3.63, 3.8) is 0 Å². The third-order valence-electron chi connectivity index (χ3n) is 4.99. The van der Waals surface area contributed by atoms with E-state index in [0.29, 0.717) is 51.3 Å². The van der Waals surface area contributed by atoms with Gasteiger partial charge in [0.05, 0.1) is 23.3 Å². The van der Waals surface area contributed by atoms with Crippen LogP contribution in [-0.2, 0) is 4.74 Å². The molecule has 154 valence electrons. The van der Waals surface area contributed by atoms with Crippen LogP contribution in [0.2, 0.25) is 10.0 Å². The lowest BCUT2D eigenvalue weighted by molar-refractivity contribution is -0.384. The van der Waals surface area contributed by atoms with Crippen LogP contribution in [0.1, 0.15) is 27.7 Å². The van der Waals surface area contributed by atoms with E-state index in [9.17, 15) is 14.9 Å². The largest absolute Gasteiger partial charge is 0.383 e. The van der Waals surface area contributed by atoms with Gasteiger partial charge >= 0.3 is 0 Å². The first-order valence-corrected chi connectivity index (χ1v) is 9.76. The quantitative estimate of drug-likeness (QED) is 0.444. The third-order valence-corrected chi connectivity index (χ3v) is 5.55. The van der Waals surface area contributed by atoms with E-state index in [-0.39, 0.29) is 11.6 Å². The number of hydrogen-bond acceptors (Lipinski definition) is 5. The summed E-state index contributed by atoms with van der Waals surface area (Å²) in [6.45, 7) is 0.660. The zero-order valence-corrected chi connectivity index (χ0v) is 17.3. The van der Waals surface area contributed by atoms with Gasteiger partial charge in [-0.3, -0.25) is 20.0 Å². The molecule has 8 nitrogen and oxygen atoms in total. The summed E-state index contributed by atoms with van der Waals surface area (Å²) >= 11 is 12.5. The predicted octanol–water partition coefficient (Wildman–Crippen LogP) is 4.48. The Morgan fingerprint density at radius 1 is 1.27 bits per heavy atom. The molecule has 0 bridgehead atoms. The second-order valence-corrected chi connectivity index (χ2v) is 7.57. The first kappa shape index (κ1) is 20.3. The highest BCUT2D eigenvalue weighted by Crippen LogP contribution is 2.45. The van der Waals surface area contributed by atoms with Gasteiger partial charge in [0.25, 0.3) is 11.6 Å². The van der Waals surface area contributed by atoms with Crippen LogP contribution in [0.3, 0.4) is 0 Å². The van der Waals surface area contributed by atoms with Gasteiger partial charge in [0.2, 0.25) is 0 Å². The topological polar surface area (TPSA) is 101 Å². The Balaban J connectivity index is 1.89. The average molecular weight is 447 g/mol. The van der Waals surface area contributed by atoms with Crippen molar-refractivity contribution in [1.82, 2.24) is 15.1 Å². The number of benzene rings is 2. The molecule has 3 aromatic rings. The number of amides is 1. The van der Waals surface area contributed by atoms with Crippen LogP contribution < -0.4 is 0 Å². The molecule has 1 atom stereocenters. The molecule has 30 heavy (non-hydrogen) atoms. The Kier molecular flexibility index (Phi) is 5.46. The molecule has 0 radical (unpaired) electrons. The van der Waals surface area contributed by atoms with E-state index in [1.807, 2.05) is 0 Å². The van der Waals surface area contributed by atoms with Gasteiger partial charge in [-0.1, -0.05) is 41.4 Å². The molecular weight excluding hydrogens is 431 g/mol. The molecule has 0 spiro atoms. The Labute approximate surface area is 181 Å². The molecule has 1 N–H and O–H groups in total. The minimum Gasteiger partial charge on any atom is -0.383 e. The van der Waals surface area contributed by atoms with Crippen molar-refractivity contribution in [3.05, 3.63) is 79.4 Å². The molecule has 10 heteroatoms. The van der Waals surface area contributed by atoms with Crippen LogP contribution in [0.5, 0.6) is 0 Å². The smallest absolute Gasteiger partial charge is 0.273 e. The lowest BCUT2D eigenvalue weighted by Crippen LogP contribution is -2.32. The fourth-order valence-electron chi connectivity index (χ4n) is 3.65. The number of halogens is 2. The van der Waals surface area contributed by atoms with Gasteiger partial charge in [-0.25, -0.2) is 0 Å². The molecule has 1 aromatic heterocycles. The van der Waals surface area contributed by atoms with Crippen molar-refractivity contribution < 1.29 is 14.5 Å². The van der Waals surface area contributed by atoms with Crippen molar-refractivity contribution in [2.75, 3.05) is 20.3 Å². The van der Waals surface area contributed by atoms with Crippen molar-refractivity contribution in [1.29, 1.82) is 0 Å². The molecular formula is C20H16Cl2N4O4. The third kappa shape index (κ3) is 3.43. The number of nitrogens with one attached hydrogen (secondary N) is 1. The highest BCUT2D eigenvalue weighted by molar-refractivity contribution is 6.35. The lowest BCUT2D eigenvalue weighted by Gasteiger charge is -2.26. The van der Waals surface area contributed by atoms with E-state index in [1.165, 1.54) is 12.1 Å². The Morgan fingerprint density at radius 2 is 2.07 bits per heavy atom. The number of hydrogen-bond donors (Lipinski definition) is 1. The van der Waals surface area contributed by atoms with Crippen LogP contribution in [0.15, 0.2) is 42.5 Å². The van der Waals surface area contributed by atoms with Gasteiger partial charge in [0.15, 0.2) is 0 Å². The maximum Gasteiger partial charge on any atom is 0.273 e. The zero-order chi connectivity index (χ0) is 21.4. The van der Waals surface area contributed by atoms with Crippen LogP contribution in [-0.4, -0.2) is 46.2 Å². The first-order valence-electron chi connectivity index (χ1n) is 9.00. The van der Waals surface area contributed by atoms with Gasteiger partial charge in [-0.05, 0) is 17.7 Å². The summed E-state index contributed by atoms with van der Waals surface area (Å²) in [6.07, 6.45) is 0. The van der Waals surface area contributed by atoms with Crippen molar-refractivity contribution in [2.24, 2.45) is 0 Å². The van der Waals surface area contributed by atoms with Crippen LogP contribution >= 0.6 is 23.2 Å². The van der Waals surface area contributed by atoms with E-state index < -0.39 is 11.0 Å². The maximum absolute atomic E-state index is 13.1. The maximum atomic E-state index is 13.1. The fourth-order valence-corrected chi connectivity index (χ4v) is 4.16. The van der Waals surface area contributed by atoms with Gasteiger partial charge in [0.1, 0.15) is 5.69 Å². The molecule has 0 aliphatic carbocycles. The van der Waals surface area contributed by atoms with Gasteiger partial charge in [-0.15, -0.1) is 0 Å². The fraction of sp³-hybridized carbons (Fsp3) is 0.200. The number of fused-ring (bicyclic) bond motifs is 1. The van der Waals surface area contributed by atoms with Crippen LogP contribution in [0, 0.1) is 10.1 Å². The second kappa shape index (κ2) is 8.06. The molecule has 0 unspecified atom stereocenters. The van der Waals surface area contributed by atoms with Crippen molar-refractivity contribution >= 4 is 34.8 Å². The minimum atomic E-state index is -0.541. The summed E-state index contributed by atoms with van der Waals surface area (Å²) in [7, 11) is 1.56.